The zero-order valence-corrected chi connectivity index (χ0v) is 24.4. The van der Waals surface area contributed by atoms with Crippen LogP contribution in [0.5, 0.6) is 5.75 Å². The zero-order chi connectivity index (χ0) is 30.8. The number of amides is 1. The summed E-state index contributed by atoms with van der Waals surface area (Å²) in [6.07, 6.45) is -0.133. The van der Waals surface area contributed by atoms with Crippen molar-refractivity contribution in [1.82, 2.24) is 15.1 Å². The molecule has 4 rings (SSSR count). The monoisotopic (exact) mass is 573 g/mol. The Bertz CT molecular complexity index is 1330. The van der Waals surface area contributed by atoms with Crippen molar-refractivity contribution in [3.8, 4) is 5.75 Å². The van der Waals surface area contributed by atoms with Crippen LogP contribution in [0.2, 0.25) is 0 Å². The summed E-state index contributed by atoms with van der Waals surface area (Å²) in [6.45, 7) is 5.62. The molecule has 1 aromatic carbocycles. The normalized spacial score (nSPS) is 30.0. The number of aromatic hydroxyl groups is 1. The zero-order valence-electron chi connectivity index (χ0n) is 24.4. The van der Waals surface area contributed by atoms with Gasteiger partial charge >= 0.3 is 0 Å². The van der Waals surface area contributed by atoms with Crippen molar-refractivity contribution in [3.05, 3.63) is 28.6 Å². The van der Waals surface area contributed by atoms with Crippen LogP contribution in [0.4, 0.5) is 4.39 Å². The van der Waals surface area contributed by atoms with Gasteiger partial charge in [-0.25, -0.2) is 4.39 Å². The number of carbonyl (C=O) groups excluding carboxylic acids is 4. The lowest BCUT2D eigenvalue weighted by Crippen LogP contribution is -2.73. The van der Waals surface area contributed by atoms with Gasteiger partial charge in [-0.1, -0.05) is 13.8 Å². The Morgan fingerprint density at radius 3 is 2.44 bits per heavy atom. The number of halogens is 1. The van der Waals surface area contributed by atoms with Crippen LogP contribution in [0.1, 0.15) is 41.8 Å². The topological polar surface area (TPSA) is 177 Å². The van der Waals surface area contributed by atoms with Crippen molar-refractivity contribution in [2.45, 2.75) is 44.9 Å². The number of ketones is 3. The van der Waals surface area contributed by atoms with Crippen molar-refractivity contribution in [3.63, 3.8) is 0 Å². The molecule has 224 valence electrons. The summed E-state index contributed by atoms with van der Waals surface area (Å²) in [5.41, 5.74) is 1.72. The molecule has 1 amide bonds. The molecule has 6 atom stereocenters. The lowest BCUT2D eigenvalue weighted by atomic mass is 9.52. The first-order chi connectivity index (χ1) is 18.9. The maximum Gasteiger partial charge on any atom is 0.233 e. The summed E-state index contributed by atoms with van der Waals surface area (Å²) in [5, 5.41) is 34.3. The molecule has 0 saturated heterocycles. The highest BCUT2D eigenvalue weighted by Gasteiger charge is 2.67. The van der Waals surface area contributed by atoms with E-state index in [0.717, 1.165) is 6.54 Å². The van der Waals surface area contributed by atoms with Gasteiger partial charge in [0.05, 0.1) is 23.2 Å². The van der Waals surface area contributed by atoms with E-state index < -0.39 is 75.8 Å². The summed E-state index contributed by atoms with van der Waals surface area (Å²) in [5.74, 6) is -10.1. The summed E-state index contributed by atoms with van der Waals surface area (Å²) in [7, 11) is 7.02. The van der Waals surface area contributed by atoms with Crippen LogP contribution in [-0.2, 0) is 27.3 Å². The van der Waals surface area contributed by atoms with Gasteiger partial charge in [0, 0.05) is 36.7 Å². The largest absolute Gasteiger partial charge is 0.507 e. The third-order valence-electron chi connectivity index (χ3n) is 8.79. The molecule has 2 saturated carbocycles. The SMILES string of the molecule is CN(C)CC(C)(C)CNCc1cc(O)c2c(c1F)CC1CC3C(N(C)C)C(=O)C(C(N)=O)C(=N)C3(O)C(=O)C1C2=O. The van der Waals surface area contributed by atoms with Crippen molar-refractivity contribution in [2.24, 2.45) is 34.8 Å². The summed E-state index contributed by atoms with van der Waals surface area (Å²) < 4.78 is 15.9. The first-order valence-corrected chi connectivity index (χ1v) is 13.7. The molecule has 1 aromatic rings. The van der Waals surface area contributed by atoms with Gasteiger partial charge in [-0.05, 0) is 58.4 Å². The van der Waals surface area contributed by atoms with Crippen LogP contribution in [0.25, 0.3) is 0 Å². The Kier molecular flexibility index (Phi) is 8.02. The highest BCUT2D eigenvalue weighted by atomic mass is 19.1. The minimum Gasteiger partial charge on any atom is -0.507 e. The van der Waals surface area contributed by atoms with Crippen LogP contribution in [0.15, 0.2) is 6.07 Å². The number of likely N-dealkylation sites (N-methyl/N-ethyl adjacent to an activating group) is 1. The number of phenolic OH excluding ortho intramolecular Hbond substituents is 1. The predicted octanol–water partition coefficient (Wildman–Crippen LogP) is 0.134. The molecule has 11 nitrogen and oxygen atoms in total. The number of hydrogen-bond acceptors (Lipinski definition) is 10. The van der Waals surface area contributed by atoms with E-state index in [2.05, 4.69) is 24.1 Å². The van der Waals surface area contributed by atoms with Gasteiger partial charge in [-0.2, -0.15) is 0 Å². The quantitative estimate of drug-likeness (QED) is 0.271. The molecular weight excluding hydrogens is 533 g/mol. The van der Waals surface area contributed by atoms with Crippen LogP contribution in [0, 0.1) is 40.3 Å². The van der Waals surface area contributed by atoms with E-state index in [0.29, 0.717) is 6.54 Å². The van der Waals surface area contributed by atoms with Gasteiger partial charge in [0.2, 0.25) is 5.91 Å². The highest BCUT2D eigenvalue weighted by molar-refractivity contribution is 6.33. The van der Waals surface area contributed by atoms with Gasteiger partial charge in [0.15, 0.2) is 23.0 Å². The van der Waals surface area contributed by atoms with Gasteiger partial charge in [0.25, 0.3) is 0 Å². The summed E-state index contributed by atoms with van der Waals surface area (Å²) in [4.78, 5) is 56.5. The molecule has 6 N–H and O–H groups in total. The number of carbonyl (C=O) groups is 4. The fourth-order valence-corrected chi connectivity index (χ4v) is 7.34. The van der Waals surface area contributed by atoms with E-state index in [-0.39, 0.29) is 41.5 Å². The first-order valence-electron chi connectivity index (χ1n) is 13.7. The molecule has 0 aromatic heterocycles. The summed E-state index contributed by atoms with van der Waals surface area (Å²) >= 11 is 0. The van der Waals surface area contributed by atoms with E-state index in [1.807, 2.05) is 14.1 Å². The highest BCUT2D eigenvalue weighted by Crippen LogP contribution is 2.51. The molecule has 41 heavy (non-hydrogen) atoms. The Labute approximate surface area is 238 Å². The van der Waals surface area contributed by atoms with Crippen molar-refractivity contribution >= 4 is 29.0 Å². The Morgan fingerprint density at radius 2 is 1.88 bits per heavy atom. The Morgan fingerprint density at radius 1 is 1.24 bits per heavy atom. The molecule has 6 unspecified atom stereocenters. The maximum atomic E-state index is 15.9. The van der Waals surface area contributed by atoms with Gasteiger partial charge in [0.1, 0.15) is 17.5 Å². The number of hydrogen-bond donors (Lipinski definition) is 5. The Balaban J connectivity index is 1.70. The van der Waals surface area contributed by atoms with Gasteiger partial charge in [-0.3, -0.25) is 24.1 Å². The number of aliphatic hydroxyl groups is 1. The second-order valence-electron chi connectivity index (χ2n) is 13.1. The number of nitrogens with one attached hydrogen (secondary N) is 2. The molecule has 0 aliphatic heterocycles. The smallest absolute Gasteiger partial charge is 0.233 e. The van der Waals surface area contributed by atoms with Crippen LogP contribution < -0.4 is 11.1 Å². The second kappa shape index (κ2) is 10.6. The number of rotatable bonds is 8. The average molecular weight is 574 g/mol. The average Bonchev–Trinajstić information content (AvgIpc) is 2.82. The van der Waals surface area contributed by atoms with E-state index >= 15 is 4.39 Å². The molecule has 0 spiro atoms. The van der Waals surface area contributed by atoms with Crippen LogP contribution >= 0.6 is 0 Å². The van der Waals surface area contributed by atoms with Crippen molar-refractivity contribution < 1.29 is 33.8 Å². The molecule has 2 fully saturated rings. The third-order valence-corrected chi connectivity index (χ3v) is 8.79. The molecule has 12 heteroatoms. The van der Waals surface area contributed by atoms with Crippen molar-refractivity contribution in [1.29, 1.82) is 5.41 Å². The number of nitrogens with zero attached hydrogens (tertiary/aromatic N) is 2. The lowest BCUT2D eigenvalue weighted by Gasteiger charge is -2.53. The number of nitrogens with two attached hydrogens (primary N) is 1. The minimum atomic E-state index is -2.59. The van der Waals surface area contributed by atoms with E-state index in [9.17, 15) is 29.4 Å². The predicted molar refractivity (Wildman–Crippen MR) is 148 cm³/mol. The number of benzene rings is 1. The van der Waals surface area contributed by atoms with Crippen LogP contribution in [-0.4, -0.2) is 102 Å². The van der Waals surface area contributed by atoms with Crippen LogP contribution in [0.3, 0.4) is 0 Å². The number of phenols is 1. The van der Waals surface area contributed by atoms with E-state index in [4.69, 9.17) is 11.1 Å². The minimum absolute atomic E-state index is 0.00697. The Hall–Kier alpha value is -3.06. The second-order valence-corrected chi connectivity index (χ2v) is 13.1. The lowest BCUT2D eigenvalue weighted by molar-refractivity contribution is -0.157. The molecule has 3 aliphatic carbocycles. The van der Waals surface area contributed by atoms with Crippen molar-refractivity contribution in [2.75, 3.05) is 41.3 Å². The maximum absolute atomic E-state index is 15.9. The number of Topliss-reactive ketones (excluding diaryl/α,β-unsaturated/α-hetero) is 3. The molecule has 0 heterocycles. The molecular formula is C29H40FN5O6. The van der Waals surface area contributed by atoms with E-state index in [1.54, 1.807) is 14.1 Å². The first kappa shape index (κ1) is 30.9. The molecule has 0 bridgehead atoms. The van der Waals surface area contributed by atoms with E-state index in [1.165, 1.54) is 11.0 Å². The van der Waals surface area contributed by atoms with Gasteiger partial charge in [-0.15, -0.1) is 0 Å². The number of fused-ring (bicyclic) bond motifs is 3. The fraction of sp³-hybridized carbons (Fsp3) is 0.621. The molecule has 0 radical (unpaired) electrons. The van der Waals surface area contributed by atoms with Gasteiger partial charge < -0.3 is 31.6 Å². The molecule has 3 aliphatic rings. The number of primary amides is 1. The fourth-order valence-electron chi connectivity index (χ4n) is 7.34. The standard InChI is InChI=1S/C29H40FN5O6/c1-28(2,12-34(3)4)11-33-10-14-9-17(36)19-15(21(14)30)7-13-8-16-22(35(5)6)24(38)20(27(32)40)25(31)29(16,41)26(39)18(13)23(19)37/h9,13,16,18,20,22,31,33,36,41H,7-8,10-12H2,1-6H3,(H2,32,40). The third kappa shape index (κ3) is 5.00. The summed E-state index contributed by atoms with van der Waals surface area (Å²) in [6, 6.07) is 0.0441.